The van der Waals surface area contributed by atoms with Gasteiger partial charge in [-0.3, -0.25) is 29.5 Å². The van der Waals surface area contributed by atoms with Crippen molar-refractivity contribution in [3.05, 3.63) is 177 Å². The fourth-order valence-corrected chi connectivity index (χ4v) is 6.49. The van der Waals surface area contributed by atoms with Crippen LogP contribution in [0.4, 0.5) is 17.1 Å². The van der Waals surface area contributed by atoms with E-state index in [1.165, 1.54) is 12.1 Å². The fraction of sp³-hybridized carbons (Fsp3) is 0.105. The molecule has 0 saturated carbocycles. The molecular formula is C38H29N3O5. The van der Waals surface area contributed by atoms with Crippen molar-refractivity contribution in [2.24, 2.45) is 0 Å². The first kappa shape index (κ1) is 28.7. The van der Waals surface area contributed by atoms with Gasteiger partial charge in [0.25, 0.3) is 17.5 Å². The van der Waals surface area contributed by atoms with Gasteiger partial charge in [0, 0.05) is 35.2 Å². The largest absolute Gasteiger partial charge is 0.462 e. The molecule has 8 heteroatoms. The van der Waals surface area contributed by atoms with Crippen LogP contribution in [0.2, 0.25) is 0 Å². The van der Waals surface area contributed by atoms with Crippen molar-refractivity contribution >= 4 is 34.6 Å². The molecule has 5 aromatic rings. The zero-order chi connectivity index (χ0) is 31.8. The van der Waals surface area contributed by atoms with Gasteiger partial charge in [-0.1, -0.05) is 103 Å². The Balaban J connectivity index is 1.55. The molecule has 0 N–H and O–H groups in total. The summed E-state index contributed by atoms with van der Waals surface area (Å²) < 4.78 is 7.15. The first-order chi connectivity index (χ1) is 22.4. The van der Waals surface area contributed by atoms with Crippen molar-refractivity contribution in [3.63, 3.8) is 0 Å². The SMILES string of the molecule is CC1=C(c2ccccc2)OC2(c3ccccc3)CC(c3cccc([N+](=O)[O-])c3)N(C(=O)c3ccccc3)c3ccccc3N2C1=O. The molecule has 0 saturated heterocycles. The second-order valence-corrected chi connectivity index (χ2v) is 11.3. The highest BCUT2D eigenvalue weighted by Gasteiger charge is 2.55. The molecule has 2 unspecified atom stereocenters. The van der Waals surface area contributed by atoms with Crippen LogP contribution in [0, 0.1) is 10.1 Å². The summed E-state index contributed by atoms with van der Waals surface area (Å²) in [5.74, 6) is -0.148. The van der Waals surface area contributed by atoms with Gasteiger partial charge in [0.1, 0.15) is 5.76 Å². The molecule has 2 heterocycles. The van der Waals surface area contributed by atoms with Crippen LogP contribution in [-0.2, 0) is 15.3 Å². The summed E-state index contributed by atoms with van der Waals surface area (Å²) in [7, 11) is 0. The number of rotatable bonds is 5. The van der Waals surface area contributed by atoms with Crippen molar-refractivity contribution in [1.29, 1.82) is 0 Å². The highest BCUT2D eigenvalue weighted by molar-refractivity contribution is 6.15. The van der Waals surface area contributed by atoms with Gasteiger partial charge in [0.2, 0.25) is 5.72 Å². The molecule has 5 aromatic carbocycles. The van der Waals surface area contributed by atoms with E-state index in [1.807, 2.05) is 84.9 Å². The van der Waals surface area contributed by atoms with Crippen LogP contribution < -0.4 is 9.80 Å². The number of nitro benzene ring substituents is 1. The van der Waals surface area contributed by atoms with Crippen LogP contribution in [-0.4, -0.2) is 16.7 Å². The number of hydrogen-bond acceptors (Lipinski definition) is 5. The van der Waals surface area contributed by atoms with Crippen LogP contribution in [0.5, 0.6) is 0 Å². The number of carbonyl (C=O) groups excluding carboxylic acids is 2. The molecule has 0 radical (unpaired) electrons. The lowest BCUT2D eigenvalue weighted by atomic mass is 9.87. The van der Waals surface area contributed by atoms with E-state index in [2.05, 4.69) is 0 Å². The minimum absolute atomic E-state index is 0.0702. The number of non-ortho nitro benzene ring substituents is 1. The maximum atomic E-state index is 14.8. The van der Waals surface area contributed by atoms with Gasteiger partial charge in [-0.05, 0) is 36.8 Å². The van der Waals surface area contributed by atoms with Crippen LogP contribution in [0.15, 0.2) is 145 Å². The van der Waals surface area contributed by atoms with E-state index in [4.69, 9.17) is 4.74 Å². The van der Waals surface area contributed by atoms with E-state index in [1.54, 1.807) is 59.2 Å². The predicted octanol–water partition coefficient (Wildman–Crippen LogP) is 8.03. The molecule has 0 aromatic heterocycles. The van der Waals surface area contributed by atoms with Gasteiger partial charge < -0.3 is 4.74 Å². The van der Waals surface area contributed by atoms with Gasteiger partial charge in [-0.2, -0.15) is 0 Å². The Hall–Kier alpha value is -6.02. The number of nitrogens with zero attached hydrogens (tertiary/aromatic N) is 3. The molecule has 46 heavy (non-hydrogen) atoms. The zero-order valence-electron chi connectivity index (χ0n) is 24.9. The summed E-state index contributed by atoms with van der Waals surface area (Å²) in [4.78, 5) is 44.2. The lowest BCUT2D eigenvalue weighted by Crippen LogP contribution is -2.55. The van der Waals surface area contributed by atoms with E-state index < -0.39 is 16.7 Å². The number of hydrogen-bond donors (Lipinski definition) is 0. The number of nitro groups is 1. The quantitative estimate of drug-likeness (QED) is 0.149. The van der Waals surface area contributed by atoms with Gasteiger partial charge in [0.05, 0.1) is 27.9 Å². The highest BCUT2D eigenvalue weighted by atomic mass is 16.6. The number of amides is 2. The van der Waals surface area contributed by atoms with Gasteiger partial charge in [-0.25, -0.2) is 0 Å². The minimum atomic E-state index is -1.44. The number of fused-ring (bicyclic) bond motifs is 3. The smallest absolute Gasteiger partial charge is 0.269 e. The Morgan fingerprint density at radius 2 is 1.41 bits per heavy atom. The Kier molecular flexibility index (Phi) is 7.17. The Bertz CT molecular complexity index is 2000. The van der Waals surface area contributed by atoms with Gasteiger partial charge in [-0.15, -0.1) is 0 Å². The summed E-state index contributed by atoms with van der Waals surface area (Å²) in [6.07, 6.45) is 0.0702. The number of ether oxygens (including phenoxy) is 1. The molecule has 2 amide bonds. The number of benzene rings is 5. The van der Waals surface area contributed by atoms with Crippen molar-refractivity contribution in [3.8, 4) is 0 Å². The van der Waals surface area contributed by atoms with Crippen molar-refractivity contribution < 1.29 is 19.2 Å². The van der Waals surface area contributed by atoms with Gasteiger partial charge >= 0.3 is 0 Å². The average Bonchev–Trinajstić information content (AvgIpc) is 3.24. The monoisotopic (exact) mass is 607 g/mol. The topological polar surface area (TPSA) is 93.0 Å². The van der Waals surface area contributed by atoms with Crippen LogP contribution in [0.3, 0.4) is 0 Å². The lowest BCUT2D eigenvalue weighted by Gasteiger charge is -2.47. The standard InChI is InChI=1S/C38H29N3O5/c1-26-35(27-14-5-2-6-15-27)46-38(30-19-9-4-10-20-30)25-34(29-18-13-21-31(24-29)41(44)45)39(37(43)28-16-7-3-8-17-28)32-22-11-12-23-33(32)40(38)36(26)42/h2-24,34H,25H2,1H3. The summed E-state index contributed by atoms with van der Waals surface area (Å²) in [5, 5.41) is 12.0. The van der Waals surface area contributed by atoms with Crippen LogP contribution in [0.25, 0.3) is 5.76 Å². The van der Waals surface area contributed by atoms with Crippen molar-refractivity contribution in [2.75, 3.05) is 9.80 Å². The van der Waals surface area contributed by atoms with Gasteiger partial charge in [0.15, 0.2) is 0 Å². The second kappa shape index (κ2) is 11.5. The maximum Gasteiger partial charge on any atom is 0.269 e. The predicted molar refractivity (Wildman–Crippen MR) is 176 cm³/mol. The second-order valence-electron chi connectivity index (χ2n) is 11.3. The Morgan fingerprint density at radius 3 is 2.09 bits per heavy atom. The third-order valence-electron chi connectivity index (χ3n) is 8.63. The van der Waals surface area contributed by atoms with Crippen molar-refractivity contribution in [2.45, 2.75) is 25.1 Å². The molecule has 0 aliphatic carbocycles. The summed E-state index contributed by atoms with van der Waals surface area (Å²) >= 11 is 0. The van der Waals surface area contributed by atoms with Crippen LogP contribution in [0.1, 0.15) is 46.4 Å². The van der Waals surface area contributed by atoms with E-state index in [-0.39, 0.29) is 23.9 Å². The minimum Gasteiger partial charge on any atom is -0.462 e. The number of anilines is 2. The lowest BCUT2D eigenvalue weighted by molar-refractivity contribution is -0.384. The summed E-state index contributed by atoms with van der Waals surface area (Å²) in [5.41, 5.74) is 2.26. The van der Waals surface area contributed by atoms with E-state index in [0.29, 0.717) is 39.4 Å². The molecule has 7 rings (SSSR count). The normalized spacial score (nSPS) is 19.1. The first-order valence-electron chi connectivity index (χ1n) is 15.0. The third kappa shape index (κ3) is 4.71. The van der Waals surface area contributed by atoms with Crippen molar-refractivity contribution in [1.82, 2.24) is 0 Å². The first-order valence-corrected chi connectivity index (χ1v) is 15.0. The molecule has 2 aliphatic heterocycles. The van der Waals surface area contributed by atoms with E-state index in [0.717, 1.165) is 5.56 Å². The third-order valence-corrected chi connectivity index (χ3v) is 8.63. The summed E-state index contributed by atoms with van der Waals surface area (Å²) in [6.45, 7) is 1.75. The molecule has 0 spiro atoms. The van der Waals surface area contributed by atoms with E-state index >= 15 is 0 Å². The Morgan fingerprint density at radius 1 is 0.804 bits per heavy atom. The molecule has 8 nitrogen and oxygen atoms in total. The summed E-state index contributed by atoms with van der Waals surface area (Å²) in [6, 6.07) is 40.6. The van der Waals surface area contributed by atoms with E-state index in [9.17, 15) is 19.7 Å². The molecule has 0 bridgehead atoms. The molecule has 0 fully saturated rings. The number of carbonyl (C=O) groups is 2. The number of para-hydroxylation sites is 2. The Labute approximate surface area is 265 Å². The molecule has 226 valence electrons. The molecule has 2 aliphatic rings. The highest BCUT2D eigenvalue weighted by Crippen LogP contribution is 2.55. The zero-order valence-corrected chi connectivity index (χ0v) is 24.9. The van der Waals surface area contributed by atoms with Crippen LogP contribution >= 0.6 is 0 Å². The maximum absolute atomic E-state index is 14.8. The molecule has 2 atom stereocenters. The fourth-order valence-electron chi connectivity index (χ4n) is 6.49. The molecular weight excluding hydrogens is 578 g/mol. The average molecular weight is 608 g/mol.